The van der Waals surface area contributed by atoms with Crippen molar-refractivity contribution in [2.45, 2.75) is 13.5 Å². The molecule has 0 radical (unpaired) electrons. The lowest BCUT2D eigenvalue weighted by Crippen LogP contribution is -2.30. The second-order valence-electron chi connectivity index (χ2n) is 4.81. The first kappa shape index (κ1) is 16.2. The van der Waals surface area contributed by atoms with Crippen molar-refractivity contribution in [3.8, 4) is 5.75 Å². The molecule has 0 unspecified atom stereocenters. The molecule has 22 heavy (non-hydrogen) atoms. The predicted octanol–water partition coefficient (Wildman–Crippen LogP) is 3.13. The van der Waals surface area contributed by atoms with E-state index in [1.807, 2.05) is 17.5 Å². The number of benzene rings is 1. The number of ketones is 1. The molecule has 0 saturated heterocycles. The summed E-state index contributed by atoms with van der Waals surface area (Å²) < 4.78 is 18.5. The quantitative estimate of drug-likeness (QED) is 0.768. The number of likely N-dealkylation sites (N-methyl/N-ethyl adjacent to an activating group) is 1. The molecule has 1 heterocycles. The van der Waals surface area contributed by atoms with Crippen LogP contribution in [-0.2, 0) is 11.3 Å². The highest BCUT2D eigenvalue weighted by molar-refractivity contribution is 7.09. The average molecular weight is 321 g/mol. The van der Waals surface area contributed by atoms with Crippen molar-refractivity contribution in [1.82, 2.24) is 4.90 Å². The lowest BCUT2D eigenvalue weighted by Gasteiger charge is -2.17. The molecule has 0 aliphatic heterocycles. The molecule has 0 aliphatic carbocycles. The third-order valence-electron chi connectivity index (χ3n) is 3.07. The van der Waals surface area contributed by atoms with E-state index in [1.165, 1.54) is 19.1 Å². The van der Waals surface area contributed by atoms with Gasteiger partial charge in [-0.25, -0.2) is 4.39 Å². The molecule has 116 valence electrons. The topological polar surface area (TPSA) is 46.6 Å². The summed E-state index contributed by atoms with van der Waals surface area (Å²) in [6.45, 7) is 1.63. The second-order valence-corrected chi connectivity index (χ2v) is 5.85. The standard InChI is InChI=1S/C16H16FNO3S/c1-11(19)14-8-12(17)5-6-15(14)21-10-16(20)18(2)9-13-4-3-7-22-13/h3-8H,9-10H2,1-2H3. The average Bonchev–Trinajstić information content (AvgIpc) is 2.98. The van der Waals surface area contributed by atoms with Crippen LogP contribution in [0.4, 0.5) is 4.39 Å². The van der Waals surface area contributed by atoms with E-state index in [2.05, 4.69) is 0 Å². The Morgan fingerprint density at radius 2 is 2.09 bits per heavy atom. The molecule has 4 nitrogen and oxygen atoms in total. The minimum absolute atomic E-state index is 0.133. The molecular weight excluding hydrogens is 305 g/mol. The molecule has 0 saturated carbocycles. The van der Waals surface area contributed by atoms with Crippen LogP contribution in [0.25, 0.3) is 0 Å². The van der Waals surface area contributed by atoms with Crippen molar-refractivity contribution in [2.24, 2.45) is 0 Å². The molecule has 0 aliphatic rings. The number of nitrogens with zero attached hydrogens (tertiary/aromatic N) is 1. The van der Waals surface area contributed by atoms with Gasteiger partial charge < -0.3 is 9.64 Å². The zero-order valence-electron chi connectivity index (χ0n) is 12.3. The first-order valence-electron chi connectivity index (χ1n) is 6.67. The van der Waals surface area contributed by atoms with E-state index in [4.69, 9.17) is 4.74 Å². The number of ether oxygens (including phenoxy) is 1. The summed E-state index contributed by atoms with van der Waals surface area (Å²) >= 11 is 1.57. The lowest BCUT2D eigenvalue weighted by atomic mass is 10.1. The fraction of sp³-hybridized carbons (Fsp3) is 0.250. The summed E-state index contributed by atoms with van der Waals surface area (Å²) in [6.07, 6.45) is 0. The first-order chi connectivity index (χ1) is 10.5. The molecular formula is C16H16FNO3S. The Kier molecular flexibility index (Phi) is 5.27. The van der Waals surface area contributed by atoms with E-state index in [0.29, 0.717) is 6.54 Å². The third-order valence-corrected chi connectivity index (χ3v) is 3.93. The Morgan fingerprint density at radius 1 is 1.32 bits per heavy atom. The van der Waals surface area contributed by atoms with Gasteiger partial charge in [-0.15, -0.1) is 11.3 Å². The fourth-order valence-electron chi connectivity index (χ4n) is 1.88. The summed E-state index contributed by atoms with van der Waals surface area (Å²) in [5, 5.41) is 1.95. The van der Waals surface area contributed by atoms with Gasteiger partial charge in [-0.3, -0.25) is 9.59 Å². The van der Waals surface area contributed by atoms with Gasteiger partial charge in [-0.2, -0.15) is 0 Å². The molecule has 0 fully saturated rings. The highest BCUT2D eigenvalue weighted by Gasteiger charge is 2.14. The maximum absolute atomic E-state index is 13.2. The summed E-state index contributed by atoms with van der Waals surface area (Å²) in [5.41, 5.74) is 0.133. The number of Topliss-reactive ketones (excluding diaryl/α,β-unsaturated/α-hetero) is 1. The number of carbonyl (C=O) groups is 2. The second kappa shape index (κ2) is 7.17. The Morgan fingerprint density at radius 3 is 2.73 bits per heavy atom. The molecule has 1 aromatic carbocycles. The molecule has 6 heteroatoms. The lowest BCUT2D eigenvalue weighted by molar-refractivity contribution is -0.132. The SMILES string of the molecule is CC(=O)c1cc(F)ccc1OCC(=O)N(C)Cc1cccs1. The number of carbonyl (C=O) groups excluding carboxylic acids is 2. The van der Waals surface area contributed by atoms with E-state index >= 15 is 0 Å². The molecule has 0 spiro atoms. The van der Waals surface area contributed by atoms with Crippen LogP contribution in [0, 0.1) is 5.82 Å². The monoisotopic (exact) mass is 321 g/mol. The van der Waals surface area contributed by atoms with Crippen molar-refractivity contribution in [3.05, 3.63) is 52.0 Å². The van der Waals surface area contributed by atoms with Gasteiger partial charge in [0.05, 0.1) is 12.1 Å². The van der Waals surface area contributed by atoms with Gasteiger partial charge in [-0.1, -0.05) is 6.07 Å². The van der Waals surface area contributed by atoms with Gasteiger partial charge in [0.25, 0.3) is 5.91 Å². The van der Waals surface area contributed by atoms with Crippen LogP contribution in [0.2, 0.25) is 0 Å². The number of halogens is 1. The van der Waals surface area contributed by atoms with E-state index < -0.39 is 5.82 Å². The van der Waals surface area contributed by atoms with Crippen molar-refractivity contribution < 1.29 is 18.7 Å². The Bertz CT molecular complexity index is 670. The van der Waals surface area contributed by atoms with Crippen LogP contribution in [0.5, 0.6) is 5.75 Å². The summed E-state index contributed by atoms with van der Waals surface area (Å²) in [6, 6.07) is 7.54. The number of hydrogen-bond donors (Lipinski definition) is 0. The van der Waals surface area contributed by atoms with Gasteiger partial charge in [0, 0.05) is 11.9 Å². The zero-order valence-corrected chi connectivity index (χ0v) is 13.2. The van der Waals surface area contributed by atoms with E-state index in [9.17, 15) is 14.0 Å². The number of hydrogen-bond acceptors (Lipinski definition) is 4. The van der Waals surface area contributed by atoms with Crippen LogP contribution < -0.4 is 4.74 Å². The van der Waals surface area contributed by atoms with Crippen molar-refractivity contribution in [1.29, 1.82) is 0 Å². The van der Waals surface area contributed by atoms with Crippen LogP contribution in [0.3, 0.4) is 0 Å². The van der Waals surface area contributed by atoms with Crippen molar-refractivity contribution in [3.63, 3.8) is 0 Å². The molecule has 0 atom stereocenters. The van der Waals surface area contributed by atoms with Crippen molar-refractivity contribution >= 4 is 23.0 Å². The Hall–Kier alpha value is -2.21. The number of amides is 1. The minimum atomic E-state index is -0.515. The highest BCUT2D eigenvalue weighted by atomic mass is 32.1. The van der Waals surface area contributed by atoms with Crippen molar-refractivity contribution in [2.75, 3.05) is 13.7 Å². The maximum Gasteiger partial charge on any atom is 0.260 e. The van der Waals surface area contributed by atoms with Gasteiger partial charge in [0.15, 0.2) is 12.4 Å². The molecule has 0 N–H and O–H groups in total. The van der Waals surface area contributed by atoms with Crippen LogP contribution >= 0.6 is 11.3 Å². The smallest absolute Gasteiger partial charge is 0.260 e. The van der Waals surface area contributed by atoms with E-state index in [1.54, 1.807) is 23.3 Å². The van der Waals surface area contributed by atoms with Crippen LogP contribution in [-0.4, -0.2) is 30.2 Å². The number of thiophene rings is 1. The number of rotatable bonds is 6. The highest BCUT2D eigenvalue weighted by Crippen LogP contribution is 2.20. The fourth-order valence-corrected chi connectivity index (χ4v) is 2.63. The molecule has 2 rings (SSSR count). The Labute approximate surface area is 132 Å². The molecule has 0 bridgehead atoms. The molecule has 1 amide bonds. The molecule has 1 aromatic heterocycles. The van der Waals surface area contributed by atoms with Gasteiger partial charge in [0.1, 0.15) is 11.6 Å². The first-order valence-corrected chi connectivity index (χ1v) is 7.55. The van der Waals surface area contributed by atoms with Gasteiger partial charge in [-0.05, 0) is 36.6 Å². The van der Waals surface area contributed by atoms with E-state index in [-0.39, 0.29) is 29.6 Å². The third kappa shape index (κ3) is 4.14. The largest absolute Gasteiger partial charge is 0.483 e. The maximum atomic E-state index is 13.2. The summed E-state index contributed by atoms with van der Waals surface area (Å²) in [7, 11) is 1.68. The van der Waals surface area contributed by atoms with Gasteiger partial charge >= 0.3 is 0 Å². The van der Waals surface area contributed by atoms with Crippen LogP contribution in [0.1, 0.15) is 22.2 Å². The summed E-state index contributed by atoms with van der Waals surface area (Å²) in [5.74, 6) is -0.827. The summed E-state index contributed by atoms with van der Waals surface area (Å²) in [4.78, 5) is 26.1. The van der Waals surface area contributed by atoms with E-state index in [0.717, 1.165) is 10.9 Å². The molecule has 2 aromatic rings. The Balaban J connectivity index is 1.97. The normalized spacial score (nSPS) is 10.3. The minimum Gasteiger partial charge on any atom is -0.483 e. The zero-order chi connectivity index (χ0) is 16.1. The van der Waals surface area contributed by atoms with Gasteiger partial charge in [0.2, 0.25) is 0 Å². The predicted molar refractivity (Wildman–Crippen MR) is 82.7 cm³/mol. The van der Waals surface area contributed by atoms with Crippen LogP contribution in [0.15, 0.2) is 35.7 Å².